The predicted molar refractivity (Wildman–Crippen MR) is 94.6 cm³/mol. The third-order valence-electron chi connectivity index (χ3n) is 3.55. The Morgan fingerprint density at radius 2 is 1.88 bits per heavy atom. The van der Waals surface area contributed by atoms with E-state index in [-0.39, 0.29) is 28.2 Å². The van der Waals surface area contributed by atoms with Gasteiger partial charge in [-0.2, -0.15) is 0 Å². The number of amides is 1. The first-order valence-electron chi connectivity index (χ1n) is 7.48. The van der Waals surface area contributed by atoms with Crippen LogP contribution in [0.4, 0.5) is 5.69 Å². The highest BCUT2D eigenvalue weighted by Crippen LogP contribution is 2.34. The van der Waals surface area contributed by atoms with Gasteiger partial charge in [0.05, 0.1) is 12.3 Å². The lowest BCUT2D eigenvalue weighted by Crippen LogP contribution is -2.36. The molecule has 2 aromatic rings. The SMILES string of the molecule is CCOC(=O)C1=Nc2ccccc2C1NC(=O)c1cc(Cl)nc(Cl)c1. The van der Waals surface area contributed by atoms with E-state index in [0.717, 1.165) is 0 Å². The Hall–Kier alpha value is -2.44. The van der Waals surface area contributed by atoms with E-state index < -0.39 is 17.9 Å². The number of aliphatic imine (C=N–C) groups is 1. The van der Waals surface area contributed by atoms with Crippen LogP contribution in [0.25, 0.3) is 0 Å². The van der Waals surface area contributed by atoms with Crippen molar-refractivity contribution in [1.82, 2.24) is 10.3 Å². The Kier molecular flexibility index (Phi) is 5.01. The number of benzene rings is 1. The number of hydrogen-bond donors (Lipinski definition) is 1. The first-order chi connectivity index (χ1) is 12.0. The summed E-state index contributed by atoms with van der Waals surface area (Å²) in [6, 6.07) is 9.24. The van der Waals surface area contributed by atoms with Gasteiger partial charge in [0.15, 0.2) is 5.71 Å². The smallest absolute Gasteiger partial charge is 0.355 e. The highest BCUT2D eigenvalue weighted by molar-refractivity contribution is 6.40. The van der Waals surface area contributed by atoms with E-state index in [1.165, 1.54) is 12.1 Å². The maximum Gasteiger partial charge on any atom is 0.355 e. The number of halogens is 2. The molecule has 0 saturated heterocycles. The Bertz CT molecular complexity index is 863. The van der Waals surface area contributed by atoms with E-state index in [9.17, 15) is 9.59 Å². The van der Waals surface area contributed by atoms with Crippen molar-refractivity contribution >= 4 is 46.5 Å². The molecule has 6 nitrogen and oxygen atoms in total. The second kappa shape index (κ2) is 7.21. The zero-order chi connectivity index (χ0) is 18.0. The zero-order valence-electron chi connectivity index (χ0n) is 13.1. The summed E-state index contributed by atoms with van der Waals surface area (Å²) < 4.78 is 5.04. The maximum atomic E-state index is 12.6. The van der Waals surface area contributed by atoms with Crippen LogP contribution in [0.15, 0.2) is 41.4 Å². The molecule has 0 spiro atoms. The molecule has 1 unspecified atom stereocenters. The van der Waals surface area contributed by atoms with Gasteiger partial charge in [0, 0.05) is 11.1 Å². The van der Waals surface area contributed by atoms with Crippen LogP contribution in [0, 0.1) is 0 Å². The Balaban J connectivity index is 1.91. The third-order valence-corrected chi connectivity index (χ3v) is 3.93. The number of rotatable bonds is 4. The summed E-state index contributed by atoms with van der Waals surface area (Å²) in [4.78, 5) is 32.9. The van der Waals surface area contributed by atoms with E-state index in [0.29, 0.717) is 11.3 Å². The van der Waals surface area contributed by atoms with Crippen LogP contribution >= 0.6 is 23.2 Å². The Morgan fingerprint density at radius 1 is 1.20 bits per heavy atom. The molecule has 0 saturated carbocycles. The van der Waals surface area contributed by atoms with Crippen LogP contribution in [0.3, 0.4) is 0 Å². The van der Waals surface area contributed by atoms with Crippen LogP contribution in [-0.2, 0) is 9.53 Å². The molecule has 25 heavy (non-hydrogen) atoms. The molecule has 3 rings (SSSR count). The van der Waals surface area contributed by atoms with Crippen LogP contribution < -0.4 is 5.32 Å². The van der Waals surface area contributed by atoms with E-state index in [1.807, 2.05) is 6.07 Å². The van der Waals surface area contributed by atoms with Crippen molar-refractivity contribution in [3.05, 3.63) is 57.8 Å². The predicted octanol–water partition coefficient (Wildman–Crippen LogP) is 3.51. The summed E-state index contributed by atoms with van der Waals surface area (Å²) in [5.74, 6) is -1.03. The van der Waals surface area contributed by atoms with E-state index >= 15 is 0 Å². The summed E-state index contributed by atoms with van der Waals surface area (Å²) >= 11 is 11.7. The number of para-hydroxylation sites is 1. The molecule has 1 aliphatic heterocycles. The number of fused-ring (bicyclic) bond motifs is 1. The molecule has 2 heterocycles. The average molecular weight is 378 g/mol. The topological polar surface area (TPSA) is 80.6 Å². The van der Waals surface area contributed by atoms with Crippen LogP contribution in [0.5, 0.6) is 0 Å². The van der Waals surface area contributed by atoms with E-state index in [1.54, 1.807) is 25.1 Å². The molecule has 1 aromatic carbocycles. The average Bonchev–Trinajstić information content (AvgIpc) is 2.93. The molecule has 1 N–H and O–H groups in total. The van der Waals surface area contributed by atoms with Crippen molar-refractivity contribution in [3.63, 3.8) is 0 Å². The molecule has 0 radical (unpaired) electrons. The monoisotopic (exact) mass is 377 g/mol. The van der Waals surface area contributed by atoms with Gasteiger partial charge in [-0.15, -0.1) is 0 Å². The highest BCUT2D eigenvalue weighted by atomic mass is 35.5. The van der Waals surface area contributed by atoms with Crippen molar-refractivity contribution in [2.75, 3.05) is 6.61 Å². The molecule has 128 valence electrons. The Labute approximate surface area is 153 Å². The minimum atomic E-state index is -0.714. The van der Waals surface area contributed by atoms with Crippen molar-refractivity contribution in [2.24, 2.45) is 4.99 Å². The van der Waals surface area contributed by atoms with Gasteiger partial charge < -0.3 is 10.1 Å². The zero-order valence-corrected chi connectivity index (χ0v) is 14.6. The van der Waals surface area contributed by atoms with Crippen LogP contribution in [0.1, 0.15) is 28.9 Å². The summed E-state index contributed by atoms with van der Waals surface area (Å²) in [7, 11) is 0. The molecule has 0 bridgehead atoms. The Morgan fingerprint density at radius 3 is 2.56 bits per heavy atom. The fourth-order valence-corrected chi connectivity index (χ4v) is 2.96. The number of hydrogen-bond acceptors (Lipinski definition) is 5. The van der Waals surface area contributed by atoms with Gasteiger partial charge in [0.2, 0.25) is 0 Å². The molecular weight excluding hydrogens is 365 g/mol. The maximum absolute atomic E-state index is 12.6. The summed E-state index contributed by atoms with van der Waals surface area (Å²) in [6.45, 7) is 1.92. The minimum absolute atomic E-state index is 0.101. The van der Waals surface area contributed by atoms with Gasteiger partial charge in [-0.25, -0.2) is 14.8 Å². The third kappa shape index (κ3) is 3.65. The van der Waals surface area contributed by atoms with Crippen LogP contribution in [0.2, 0.25) is 10.3 Å². The number of carbonyl (C=O) groups is 2. The van der Waals surface area contributed by atoms with Gasteiger partial charge in [-0.3, -0.25) is 4.79 Å². The quantitative estimate of drug-likeness (QED) is 0.652. The molecular formula is C17H13Cl2N3O3. The number of pyridine rings is 1. The highest BCUT2D eigenvalue weighted by Gasteiger charge is 2.34. The lowest BCUT2D eigenvalue weighted by Gasteiger charge is -2.16. The van der Waals surface area contributed by atoms with Gasteiger partial charge >= 0.3 is 5.97 Å². The number of carbonyl (C=O) groups excluding carboxylic acids is 2. The molecule has 0 aliphatic carbocycles. The molecule has 1 aromatic heterocycles. The number of ether oxygens (including phenoxy) is 1. The first kappa shape index (κ1) is 17.4. The fourth-order valence-electron chi connectivity index (χ4n) is 2.50. The number of aromatic nitrogens is 1. The lowest BCUT2D eigenvalue weighted by atomic mass is 10.0. The standard InChI is InChI=1S/C17H13Cl2N3O3/c1-2-25-17(24)15-14(10-5-3-4-6-11(10)20-15)22-16(23)9-7-12(18)21-13(19)8-9/h3-8,14H,2H2,1H3,(H,22,23). The van der Waals surface area contributed by atoms with E-state index in [4.69, 9.17) is 27.9 Å². The summed E-state index contributed by atoms with van der Waals surface area (Å²) in [5, 5.41) is 2.98. The molecule has 1 amide bonds. The lowest BCUT2D eigenvalue weighted by molar-refractivity contribution is -0.135. The van der Waals surface area contributed by atoms with Gasteiger partial charge in [-0.05, 0) is 25.1 Å². The normalized spacial score (nSPS) is 15.3. The first-order valence-corrected chi connectivity index (χ1v) is 8.23. The molecule has 0 fully saturated rings. The van der Waals surface area contributed by atoms with E-state index in [2.05, 4.69) is 15.3 Å². The van der Waals surface area contributed by atoms with Crippen molar-refractivity contribution in [1.29, 1.82) is 0 Å². The van der Waals surface area contributed by atoms with Crippen LogP contribution in [-0.4, -0.2) is 29.2 Å². The molecule has 8 heteroatoms. The molecule has 1 atom stereocenters. The number of nitrogens with zero attached hydrogens (tertiary/aromatic N) is 2. The van der Waals surface area contributed by atoms with Gasteiger partial charge in [-0.1, -0.05) is 41.4 Å². The van der Waals surface area contributed by atoms with Gasteiger partial charge in [0.25, 0.3) is 5.91 Å². The van der Waals surface area contributed by atoms with Crippen molar-refractivity contribution in [3.8, 4) is 0 Å². The van der Waals surface area contributed by atoms with Gasteiger partial charge in [0.1, 0.15) is 16.3 Å². The number of esters is 1. The number of nitrogens with one attached hydrogen (secondary N) is 1. The minimum Gasteiger partial charge on any atom is -0.461 e. The largest absolute Gasteiger partial charge is 0.461 e. The summed E-state index contributed by atoms with van der Waals surface area (Å²) in [5.41, 5.74) is 1.69. The second-order valence-corrected chi connectivity index (χ2v) is 5.96. The van der Waals surface area contributed by atoms with Crippen molar-refractivity contribution < 1.29 is 14.3 Å². The van der Waals surface area contributed by atoms with Crippen molar-refractivity contribution in [2.45, 2.75) is 13.0 Å². The fraction of sp³-hybridized carbons (Fsp3) is 0.176. The summed E-state index contributed by atoms with van der Waals surface area (Å²) in [6.07, 6.45) is 0. The molecule has 1 aliphatic rings. The second-order valence-electron chi connectivity index (χ2n) is 5.18.